The highest BCUT2D eigenvalue weighted by molar-refractivity contribution is 7.54. The monoisotopic (exact) mass is 236 g/mol. The fourth-order valence-electron chi connectivity index (χ4n) is 1.36. The second-order valence-corrected chi connectivity index (χ2v) is 6.46. The molecule has 5 heteroatoms. The average Bonchev–Trinajstić information content (AvgIpc) is 2.17. The summed E-state index contributed by atoms with van der Waals surface area (Å²) < 4.78 is 21.2. The van der Waals surface area contributed by atoms with Crippen molar-refractivity contribution >= 4 is 13.4 Å². The molecular weight excluding hydrogens is 215 g/mol. The first kappa shape index (κ1) is 14.8. The van der Waals surface area contributed by atoms with E-state index in [-0.39, 0.29) is 11.9 Å². The van der Waals surface area contributed by atoms with Gasteiger partial charge in [-0.15, -0.1) is 0 Å². The maximum absolute atomic E-state index is 11.9. The zero-order valence-corrected chi connectivity index (χ0v) is 11.1. The minimum atomic E-state index is -3.21. The Morgan fingerprint density at radius 3 is 2.07 bits per heavy atom. The molecule has 4 nitrogen and oxygen atoms in total. The lowest BCUT2D eigenvalue weighted by molar-refractivity contribution is -0.125. The van der Waals surface area contributed by atoms with Crippen LogP contribution in [-0.4, -0.2) is 26.2 Å². The van der Waals surface area contributed by atoms with Gasteiger partial charge in [0.1, 0.15) is 6.16 Å². The molecule has 0 aliphatic heterocycles. The number of hydrogen-bond acceptors (Lipinski definition) is 4. The smallest absolute Gasteiger partial charge is 0.312 e. The summed E-state index contributed by atoms with van der Waals surface area (Å²) in [5.41, 5.74) is -0.457. The van der Waals surface area contributed by atoms with Crippen LogP contribution in [-0.2, 0) is 18.4 Å². The van der Waals surface area contributed by atoms with Crippen LogP contribution in [0.1, 0.15) is 33.6 Å². The predicted octanol–water partition coefficient (Wildman–Crippen LogP) is 2.87. The van der Waals surface area contributed by atoms with Crippen LogP contribution in [0.3, 0.4) is 0 Å². The molecule has 0 saturated heterocycles. The number of carbonyl (C=O) groups is 1. The predicted molar refractivity (Wildman–Crippen MR) is 60.2 cm³/mol. The molecule has 0 spiro atoms. The molecule has 0 saturated carbocycles. The van der Waals surface area contributed by atoms with Crippen LogP contribution < -0.4 is 0 Å². The quantitative estimate of drug-likeness (QED) is 0.638. The van der Waals surface area contributed by atoms with Gasteiger partial charge in [0.25, 0.3) is 0 Å². The van der Waals surface area contributed by atoms with Gasteiger partial charge in [-0.05, 0) is 6.42 Å². The third-order valence-electron chi connectivity index (χ3n) is 2.52. The molecule has 0 unspecified atom stereocenters. The van der Waals surface area contributed by atoms with E-state index in [1.54, 1.807) is 0 Å². The molecule has 0 aromatic heterocycles. The largest absolute Gasteiger partial charge is 0.337 e. The molecule has 0 atom stereocenters. The van der Waals surface area contributed by atoms with Gasteiger partial charge in [-0.1, -0.05) is 27.2 Å². The molecule has 0 bridgehead atoms. The van der Waals surface area contributed by atoms with Crippen molar-refractivity contribution in [3.05, 3.63) is 0 Å². The fourth-order valence-corrected chi connectivity index (χ4v) is 2.55. The molecule has 0 fully saturated rings. The number of ketones is 1. The molecule has 0 amide bonds. The highest BCUT2D eigenvalue weighted by atomic mass is 31.2. The minimum Gasteiger partial charge on any atom is -0.312 e. The van der Waals surface area contributed by atoms with Crippen LogP contribution in [0, 0.1) is 5.41 Å². The molecule has 0 aliphatic rings. The number of Topliss-reactive ketones (excluding diaryl/α,β-unsaturated/α-hetero) is 1. The number of hydrogen-bond donors (Lipinski definition) is 0. The molecule has 0 radical (unpaired) electrons. The van der Waals surface area contributed by atoms with Crippen LogP contribution in [0.5, 0.6) is 0 Å². The van der Waals surface area contributed by atoms with E-state index in [1.165, 1.54) is 14.2 Å². The van der Waals surface area contributed by atoms with Crippen molar-refractivity contribution < 1.29 is 18.4 Å². The van der Waals surface area contributed by atoms with Crippen LogP contribution in [0.15, 0.2) is 0 Å². The molecule has 0 aliphatic carbocycles. The lowest BCUT2D eigenvalue weighted by atomic mass is 9.84. The molecule has 90 valence electrons. The van der Waals surface area contributed by atoms with Crippen molar-refractivity contribution in [1.82, 2.24) is 0 Å². The zero-order chi connectivity index (χ0) is 12.1. The van der Waals surface area contributed by atoms with E-state index in [0.717, 1.165) is 12.8 Å². The summed E-state index contributed by atoms with van der Waals surface area (Å²) in [6, 6.07) is 0. The van der Waals surface area contributed by atoms with E-state index in [0.29, 0.717) is 0 Å². The minimum absolute atomic E-state index is 0.0728. The van der Waals surface area contributed by atoms with Crippen molar-refractivity contribution in [1.29, 1.82) is 0 Å². The van der Waals surface area contributed by atoms with Crippen molar-refractivity contribution in [3.8, 4) is 0 Å². The van der Waals surface area contributed by atoms with Gasteiger partial charge in [-0.3, -0.25) is 9.36 Å². The van der Waals surface area contributed by atoms with Gasteiger partial charge < -0.3 is 9.05 Å². The average molecular weight is 236 g/mol. The first-order valence-electron chi connectivity index (χ1n) is 5.05. The number of carbonyl (C=O) groups excluding carboxylic acids is 1. The Hall–Kier alpha value is -0.180. The molecular formula is C10H21O4P. The molecule has 0 rings (SSSR count). The summed E-state index contributed by atoms with van der Waals surface area (Å²) in [5.74, 6) is -0.0728. The molecule has 0 N–H and O–H groups in total. The second kappa shape index (κ2) is 5.78. The van der Waals surface area contributed by atoms with Crippen LogP contribution >= 0.6 is 7.60 Å². The zero-order valence-electron chi connectivity index (χ0n) is 10.2. The highest BCUT2D eigenvalue weighted by Gasteiger charge is 2.34. The third kappa shape index (κ3) is 4.45. The Kier molecular flexibility index (Phi) is 5.71. The standard InChI is InChI=1S/C10H21O4P/c1-6-7-10(2,3)9(11)8-15(12,13-4)14-5/h6-8H2,1-5H3. The van der Waals surface area contributed by atoms with E-state index in [2.05, 4.69) is 0 Å². The molecule has 15 heavy (non-hydrogen) atoms. The van der Waals surface area contributed by atoms with Gasteiger partial charge in [0, 0.05) is 19.6 Å². The summed E-state index contributed by atoms with van der Waals surface area (Å²) in [4.78, 5) is 11.9. The summed E-state index contributed by atoms with van der Waals surface area (Å²) >= 11 is 0. The van der Waals surface area contributed by atoms with Gasteiger partial charge in [-0.2, -0.15) is 0 Å². The van der Waals surface area contributed by atoms with Crippen molar-refractivity contribution in [2.75, 3.05) is 20.4 Å². The van der Waals surface area contributed by atoms with E-state index in [9.17, 15) is 9.36 Å². The van der Waals surface area contributed by atoms with Crippen LogP contribution in [0.2, 0.25) is 0 Å². The first-order chi connectivity index (χ1) is 6.81. The maximum atomic E-state index is 11.9. The van der Waals surface area contributed by atoms with Gasteiger partial charge in [-0.25, -0.2) is 0 Å². The molecule has 0 heterocycles. The van der Waals surface area contributed by atoms with Gasteiger partial charge in [0.05, 0.1) is 0 Å². The van der Waals surface area contributed by atoms with E-state index in [4.69, 9.17) is 9.05 Å². The molecule has 0 aromatic rings. The Balaban J connectivity index is 4.54. The first-order valence-corrected chi connectivity index (χ1v) is 6.78. The summed E-state index contributed by atoms with van der Waals surface area (Å²) in [7, 11) is -0.615. The van der Waals surface area contributed by atoms with Crippen molar-refractivity contribution in [3.63, 3.8) is 0 Å². The fraction of sp³-hybridized carbons (Fsp3) is 0.900. The Morgan fingerprint density at radius 1 is 1.27 bits per heavy atom. The van der Waals surface area contributed by atoms with Gasteiger partial charge >= 0.3 is 7.60 Å². The van der Waals surface area contributed by atoms with E-state index < -0.39 is 13.0 Å². The third-order valence-corrected chi connectivity index (χ3v) is 4.31. The lowest BCUT2D eigenvalue weighted by Gasteiger charge is -2.24. The summed E-state index contributed by atoms with van der Waals surface area (Å²) in [6.45, 7) is 5.73. The highest BCUT2D eigenvalue weighted by Crippen LogP contribution is 2.47. The SMILES string of the molecule is CCCC(C)(C)C(=O)CP(=O)(OC)OC. The van der Waals surface area contributed by atoms with Gasteiger partial charge in [0.15, 0.2) is 5.78 Å². The topological polar surface area (TPSA) is 52.6 Å². The normalized spacial score (nSPS) is 12.9. The Morgan fingerprint density at radius 2 is 1.73 bits per heavy atom. The van der Waals surface area contributed by atoms with E-state index >= 15 is 0 Å². The van der Waals surface area contributed by atoms with Crippen LogP contribution in [0.25, 0.3) is 0 Å². The summed E-state index contributed by atoms with van der Waals surface area (Å²) in [6.07, 6.45) is 1.55. The maximum Gasteiger partial charge on any atom is 0.337 e. The lowest BCUT2D eigenvalue weighted by Crippen LogP contribution is -2.27. The number of rotatable bonds is 7. The van der Waals surface area contributed by atoms with Gasteiger partial charge in [0.2, 0.25) is 0 Å². The second-order valence-electron chi connectivity index (χ2n) is 4.19. The van der Waals surface area contributed by atoms with Crippen molar-refractivity contribution in [2.45, 2.75) is 33.6 Å². The van der Waals surface area contributed by atoms with E-state index in [1.807, 2.05) is 20.8 Å². The summed E-state index contributed by atoms with van der Waals surface area (Å²) in [5, 5.41) is 0. The molecule has 0 aromatic carbocycles. The van der Waals surface area contributed by atoms with Crippen molar-refractivity contribution in [2.24, 2.45) is 5.41 Å². The Labute approximate surface area is 91.9 Å². The van der Waals surface area contributed by atoms with Crippen LogP contribution in [0.4, 0.5) is 0 Å². The Bertz CT molecular complexity index is 252.